The second kappa shape index (κ2) is 5.07. The van der Waals surface area contributed by atoms with E-state index < -0.39 is 12.0 Å². The smallest absolute Gasteiger partial charge is 0.326 e. The van der Waals surface area contributed by atoms with Gasteiger partial charge in [0.25, 0.3) is 5.91 Å². The van der Waals surface area contributed by atoms with E-state index >= 15 is 0 Å². The summed E-state index contributed by atoms with van der Waals surface area (Å²) < 4.78 is 1.66. The number of aliphatic carboxylic acids is 1. The maximum atomic E-state index is 12.2. The number of likely N-dealkylation sites (tertiary alicyclic amines) is 1. The SMILES string of the molecule is O=C(O)[C@H]1CCCN1C(=O)c1cc(Br)c(Br)s1. The molecule has 92 valence electrons. The molecule has 1 fully saturated rings. The Labute approximate surface area is 119 Å². The molecular formula is C10H9Br2NO3S. The van der Waals surface area contributed by atoms with Crippen LogP contribution in [0.3, 0.4) is 0 Å². The molecule has 1 N–H and O–H groups in total. The van der Waals surface area contributed by atoms with E-state index in [2.05, 4.69) is 31.9 Å². The third-order valence-corrected chi connectivity index (χ3v) is 5.90. The first kappa shape index (κ1) is 13.0. The number of amides is 1. The predicted molar refractivity (Wildman–Crippen MR) is 71.4 cm³/mol. The number of hydrogen-bond donors (Lipinski definition) is 1. The first-order valence-electron chi connectivity index (χ1n) is 4.99. The third-order valence-electron chi connectivity index (χ3n) is 2.65. The number of rotatable bonds is 2. The van der Waals surface area contributed by atoms with E-state index in [1.807, 2.05) is 0 Å². The van der Waals surface area contributed by atoms with Crippen LogP contribution in [0.4, 0.5) is 0 Å². The zero-order valence-electron chi connectivity index (χ0n) is 8.65. The van der Waals surface area contributed by atoms with Crippen LogP contribution in [-0.4, -0.2) is 34.5 Å². The average Bonchev–Trinajstić information content (AvgIpc) is 2.85. The first-order chi connectivity index (χ1) is 8.00. The summed E-state index contributed by atoms with van der Waals surface area (Å²) in [6.07, 6.45) is 1.28. The molecule has 1 aliphatic rings. The number of carbonyl (C=O) groups excluding carboxylic acids is 1. The van der Waals surface area contributed by atoms with Crippen molar-refractivity contribution in [3.63, 3.8) is 0 Å². The molecular weight excluding hydrogens is 374 g/mol. The van der Waals surface area contributed by atoms with Gasteiger partial charge >= 0.3 is 5.97 Å². The van der Waals surface area contributed by atoms with Crippen molar-refractivity contribution in [1.82, 2.24) is 4.90 Å². The van der Waals surface area contributed by atoms with Crippen molar-refractivity contribution in [3.8, 4) is 0 Å². The Morgan fingerprint density at radius 2 is 2.18 bits per heavy atom. The van der Waals surface area contributed by atoms with Crippen molar-refractivity contribution in [2.75, 3.05) is 6.54 Å². The van der Waals surface area contributed by atoms with Gasteiger partial charge in [0.1, 0.15) is 6.04 Å². The van der Waals surface area contributed by atoms with Crippen molar-refractivity contribution in [1.29, 1.82) is 0 Å². The van der Waals surface area contributed by atoms with Gasteiger partial charge in [-0.2, -0.15) is 0 Å². The van der Waals surface area contributed by atoms with E-state index in [9.17, 15) is 9.59 Å². The topological polar surface area (TPSA) is 57.6 Å². The van der Waals surface area contributed by atoms with E-state index in [1.165, 1.54) is 16.2 Å². The molecule has 1 aliphatic heterocycles. The van der Waals surface area contributed by atoms with Crippen LogP contribution in [0.25, 0.3) is 0 Å². The minimum Gasteiger partial charge on any atom is -0.480 e. The van der Waals surface area contributed by atoms with Gasteiger partial charge in [0, 0.05) is 11.0 Å². The number of carboxylic acids is 1. The van der Waals surface area contributed by atoms with Crippen LogP contribution in [0.5, 0.6) is 0 Å². The van der Waals surface area contributed by atoms with Crippen LogP contribution in [0.15, 0.2) is 14.3 Å². The number of carbonyl (C=O) groups is 2. The lowest BCUT2D eigenvalue weighted by molar-refractivity contribution is -0.141. The van der Waals surface area contributed by atoms with Crippen LogP contribution in [0.1, 0.15) is 22.5 Å². The van der Waals surface area contributed by atoms with Crippen LogP contribution in [0, 0.1) is 0 Å². The average molecular weight is 383 g/mol. The predicted octanol–water partition coefficient (Wildman–Crippen LogP) is 2.96. The van der Waals surface area contributed by atoms with E-state index in [-0.39, 0.29) is 5.91 Å². The molecule has 0 radical (unpaired) electrons. The summed E-state index contributed by atoms with van der Waals surface area (Å²) in [6.45, 7) is 0.517. The second-order valence-corrected chi connectivity index (χ2v) is 6.95. The van der Waals surface area contributed by atoms with Crippen LogP contribution >= 0.6 is 43.2 Å². The molecule has 0 unspecified atom stereocenters. The summed E-state index contributed by atoms with van der Waals surface area (Å²) in [6, 6.07) is 1.04. The maximum absolute atomic E-state index is 12.2. The number of nitrogens with zero attached hydrogens (tertiary/aromatic N) is 1. The zero-order chi connectivity index (χ0) is 12.6. The molecule has 17 heavy (non-hydrogen) atoms. The van der Waals surface area contributed by atoms with E-state index in [0.717, 1.165) is 14.7 Å². The van der Waals surface area contributed by atoms with Gasteiger partial charge < -0.3 is 10.0 Å². The van der Waals surface area contributed by atoms with Crippen molar-refractivity contribution < 1.29 is 14.7 Å². The molecule has 1 saturated heterocycles. The fourth-order valence-electron chi connectivity index (χ4n) is 1.86. The minimum atomic E-state index is -0.925. The Kier molecular flexibility index (Phi) is 3.89. The Balaban J connectivity index is 2.22. The maximum Gasteiger partial charge on any atom is 0.326 e. The standard InChI is InChI=1S/C10H9Br2NO3S/c11-5-4-7(17-8(5)12)9(14)13-3-1-2-6(13)10(15)16/h4,6H,1-3H2,(H,15,16)/t6-/m1/s1. The zero-order valence-corrected chi connectivity index (χ0v) is 12.6. The minimum absolute atomic E-state index is 0.202. The Morgan fingerprint density at radius 3 is 2.71 bits per heavy atom. The summed E-state index contributed by atoms with van der Waals surface area (Å²) in [5.74, 6) is -1.13. The molecule has 0 aromatic carbocycles. The van der Waals surface area contributed by atoms with Gasteiger partial charge in [0.2, 0.25) is 0 Å². The fourth-order valence-corrected chi connectivity index (χ4v) is 3.85. The van der Waals surface area contributed by atoms with Crippen molar-refractivity contribution in [2.45, 2.75) is 18.9 Å². The number of hydrogen-bond acceptors (Lipinski definition) is 3. The largest absolute Gasteiger partial charge is 0.480 e. The van der Waals surface area contributed by atoms with E-state index in [1.54, 1.807) is 6.07 Å². The molecule has 0 aliphatic carbocycles. The van der Waals surface area contributed by atoms with E-state index in [4.69, 9.17) is 5.11 Å². The lowest BCUT2D eigenvalue weighted by atomic mass is 10.2. The fraction of sp³-hybridized carbons (Fsp3) is 0.400. The lowest BCUT2D eigenvalue weighted by Gasteiger charge is -2.20. The second-order valence-electron chi connectivity index (χ2n) is 3.73. The van der Waals surface area contributed by atoms with Crippen molar-refractivity contribution >= 4 is 55.1 Å². The number of halogens is 2. The molecule has 2 heterocycles. The van der Waals surface area contributed by atoms with Crippen molar-refractivity contribution in [3.05, 3.63) is 19.2 Å². The molecule has 0 bridgehead atoms. The van der Waals surface area contributed by atoms with Crippen molar-refractivity contribution in [2.24, 2.45) is 0 Å². The first-order valence-corrected chi connectivity index (χ1v) is 7.39. The summed E-state index contributed by atoms with van der Waals surface area (Å²) in [4.78, 5) is 25.2. The number of carboxylic acid groups (broad SMARTS) is 1. The van der Waals surface area contributed by atoms with Crippen LogP contribution in [-0.2, 0) is 4.79 Å². The third kappa shape index (κ3) is 2.56. The van der Waals surface area contributed by atoms with Gasteiger partial charge in [-0.15, -0.1) is 11.3 Å². The van der Waals surface area contributed by atoms with Gasteiger partial charge in [-0.05, 0) is 50.8 Å². The van der Waals surface area contributed by atoms with Gasteiger partial charge in [-0.25, -0.2) is 4.79 Å². The van der Waals surface area contributed by atoms with Gasteiger partial charge in [0.15, 0.2) is 0 Å². The Morgan fingerprint density at radius 1 is 1.47 bits per heavy atom. The molecule has 1 amide bonds. The summed E-state index contributed by atoms with van der Waals surface area (Å²) in [7, 11) is 0. The highest BCUT2D eigenvalue weighted by Gasteiger charge is 2.35. The van der Waals surface area contributed by atoms with Gasteiger partial charge in [-0.1, -0.05) is 0 Å². The summed E-state index contributed by atoms with van der Waals surface area (Å²) in [5.41, 5.74) is 0. The summed E-state index contributed by atoms with van der Waals surface area (Å²) >= 11 is 7.94. The van der Waals surface area contributed by atoms with Gasteiger partial charge in [0.05, 0.1) is 8.66 Å². The quantitative estimate of drug-likeness (QED) is 0.855. The molecule has 0 saturated carbocycles. The van der Waals surface area contributed by atoms with Gasteiger partial charge in [-0.3, -0.25) is 4.79 Å². The molecule has 2 rings (SSSR count). The molecule has 4 nitrogen and oxygen atoms in total. The molecule has 1 aromatic heterocycles. The lowest BCUT2D eigenvalue weighted by Crippen LogP contribution is -2.40. The molecule has 1 aromatic rings. The molecule has 0 spiro atoms. The summed E-state index contributed by atoms with van der Waals surface area (Å²) in [5, 5.41) is 9.03. The van der Waals surface area contributed by atoms with E-state index in [0.29, 0.717) is 17.8 Å². The highest BCUT2D eigenvalue weighted by molar-refractivity contribution is 9.13. The highest BCUT2D eigenvalue weighted by Crippen LogP contribution is 2.34. The molecule has 7 heteroatoms. The Hall–Kier alpha value is -0.400. The monoisotopic (exact) mass is 381 g/mol. The van der Waals surface area contributed by atoms with Crippen LogP contribution < -0.4 is 0 Å². The van der Waals surface area contributed by atoms with Crippen LogP contribution in [0.2, 0.25) is 0 Å². The molecule has 1 atom stereocenters. The number of thiophene rings is 1. The normalized spacial score (nSPS) is 19.6. The highest BCUT2D eigenvalue weighted by atomic mass is 79.9. The Bertz CT molecular complexity index is 455.